The molecule has 0 spiro atoms. The van der Waals surface area contributed by atoms with Crippen molar-refractivity contribution in [1.29, 1.82) is 5.26 Å². The maximum atomic E-state index is 14.9. The summed E-state index contributed by atoms with van der Waals surface area (Å²) in [5.41, 5.74) is 1.36. The first-order valence-corrected chi connectivity index (χ1v) is 9.95. The Morgan fingerprint density at radius 1 is 1.33 bits per heavy atom. The molecule has 0 bridgehead atoms. The lowest BCUT2D eigenvalue weighted by Gasteiger charge is -2.44. The van der Waals surface area contributed by atoms with Gasteiger partial charge >= 0.3 is 0 Å². The predicted octanol–water partition coefficient (Wildman–Crippen LogP) is 3.73. The summed E-state index contributed by atoms with van der Waals surface area (Å²) in [6, 6.07) is 4.83. The third-order valence-corrected chi connectivity index (χ3v) is 5.62. The summed E-state index contributed by atoms with van der Waals surface area (Å²) in [4.78, 5) is 27.5. The van der Waals surface area contributed by atoms with Crippen LogP contribution in [0.25, 0.3) is 22.3 Å². The number of nitrogens with zero attached hydrogens (tertiary/aromatic N) is 5. The number of fused-ring (bicyclic) bond motifs is 1. The maximum absolute atomic E-state index is 14.9. The SMILES string of the molecule is CC(=O)N1[C@H](C)CN(c2nc(-c3c[nH]c4ncc(Cl)cc34)c(F)cc2C#N)C[C@@H]1C. The van der Waals surface area contributed by atoms with Gasteiger partial charge in [-0.15, -0.1) is 0 Å². The molecule has 2 atom stereocenters. The van der Waals surface area contributed by atoms with E-state index in [1.807, 2.05) is 23.6 Å². The number of nitriles is 1. The third-order valence-electron chi connectivity index (χ3n) is 5.41. The van der Waals surface area contributed by atoms with E-state index in [0.717, 1.165) is 0 Å². The number of rotatable bonds is 2. The van der Waals surface area contributed by atoms with Gasteiger partial charge in [0, 0.05) is 55.4 Å². The normalized spacial score (nSPS) is 19.2. The van der Waals surface area contributed by atoms with E-state index in [-0.39, 0.29) is 29.2 Å². The zero-order chi connectivity index (χ0) is 21.6. The first-order chi connectivity index (χ1) is 14.3. The summed E-state index contributed by atoms with van der Waals surface area (Å²) in [7, 11) is 0. The molecule has 4 heterocycles. The Bertz CT molecular complexity index is 1170. The predicted molar refractivity (Wildman–Crippen MR) is 113 cm³/mol. The molecule has 0 saturated carbocycles. The Morgan fingerprint density at radius 2 is 2.03 bits per heavy atom. The van der Waals surface area contributed by atoms with Gasteiger partial charge in [0.25, 0.3) is 0 Å². The highest BCUT2D eigenvalue weighted by Gasteiger charge is 2.33. The number of H-pyrrole nitrogens is 1. The van der Waals surface area contributed by atoms with E-state index in [1.54, 1.807) is 19.2 Å². The van der Waals surface area contributed by atoms with E-state index >= 15 is 0 Å². The van der Waals surface area contributed by atoms with Crippen molar-refractivity contribution in [2.24, 2.45) is 0 Å². The van der Waals surface area contributed by atoms with Gasteiger partial charge in [-0.05, 0) is 26.0 Å². The maximum Gasteiger partial charge on any atom is 0.220 e. The zero-order valence-electron chi connectivity index (χ0n) is 16.8. The molecule has 1 fully saturated rings. The Morgan fingerprint density at radius 3 is 2.67 bits per heavy atom. The second-order valence-corrected chi connectivity index (χ2v) is 8.02. The second-order valence-electron chi connectivity index (χ2n) is 7.58. The van der Waals surface area contributed by atoms with Crippen LogP contribution in [0.3, 0.4) is 0 Å². The van der Waals surface area contributed by atoms with Crippen LogP contribution in [0, 0.1) is 17.1 Å². The number of carbonyl (C=O) groups is 1. The van der Waals surface area contributed by atoms with Crippen LogP contribution in [0.5, 0.6) is 0 Å². The highest BCUT2D eigenvalue weighted by Crippen LogP contribution is 2.33. The average Bonchev–Trinajstić information content (AvgIpc) is 3.09. The quantitative estimate of drug-likeness (QED) is 0.674. The molecule has 154 valence electrons. The number of hydrogen-bond donors (Lipinski definition) is 1. The van der Waals surface area contributed by atoms with Crippen molar-refractivity contribution in [3.8, 4) is 17.3 Å². The number of piperazine rings is 1. The third kappa shape index (κ3) is 3.35. The van der Waals surface area contributed by atoms with Crippen LogP contribution >= 0.6 is 11.6 Å². The molecule has 0 radical (unpaired) electrons. The first-order valence-electron chi connectivity index (χ1n) is 9.57. The smallest absolute Gasteiger partial charge is 0.220 e. The molecule has 1 N–H and O–H groups in total. The molecule has 3 aromatic heterocycles. The lowest BCUT2D eigenvalue weighted by Crippen LogP contribution is -2.58. The summed E-state index contributed by atoms with van der Waals surface area (Å²) >= 11 is 6.07. The number of carbonyl (C=O) groups excluding carboxylic acids is 1. The van der Waals surface area contributed by atoms with Gasteiger partial charge in [-0.25, -0.2) is 14.4 Å². The molecule has 1 amide bonds. The van der Waals surface area contributed by atoms with Gasteiger partial charge in [-0.2, -0.15) is 5.26 Å². The topological polar surface area (TPSA) is 88.9 Å². The van der Waals surface area contributed by atoms with Crippen LogP contribution in [0.15, 0.2) is 24.5 Å². The summed E-state index contributed by atoms with van der Waals surface area (Å²) in [6.07, 6.45) is 3.14. The summed E-state index contributed by atoms with van der Waals surface area (Å²) < 4.78 is 14.9. The summed E-state index contributed by atoms with van der Waals surface area (Å²) in [5.74, 6) is -0.189. The van der Waals surface area contributed by atoms with Gasteiger partial charge in [0.2, 0.25) is 5.91 Å². The first kappa shape index (κ1) is 20.1. The molecule has 0 aliphatic carbocycles. The number of nitrogens with one attached hydrogen (secondary N) is 1. The van der Waals surface area contributed by atoms with Gasteiger partial charge in [-0.3, -0.25) is 4.79 Å². The monoisotopic (exact) mass is 426 g/mol. The number of hydrogen-bond acceptors (Lipinski definition) is 5. The summed E-state index contributed by atoms with van der Waals surface area (Å²) in [6.45, 7) is 6.45. The largest absolute Gasteiger partial charge is 0.351 e. The van der Waals surface area contributed by atoms with Crippen molar-refractivity contribution in [3.05, 3.63) is 40.9 Å². The minimum absolute atomic E-state index is 0.00563. The Hall–Kier alpha value is -3.18. The van der Waals surface area contributed by atoms with Gasteiger partial charge < -0.3 is 14.8 Å². The second kappa shape index (κ2) is 7.58. The fourth-order valence-electron chi connectivity index (χ4n) is 4.28. The van der Waals surface area contributed by atoms with Crippen molar-refractivity contribution in [3.63, 3.8) is 0 Å². The number of aromatic nitrogens is 3. The fourth-order valence-corrected chi connectivity index (χ4v) is 4.44. The highest BCUT2D eigenvalue weighted by molar-refractivity contribution is 6.31. The van der Waals surface area contributed by atoms with Crippen LogP contribution in [0.1, 0.15) is 26.3 Å². The lowest BCUT2D eigenvalue weighted by molar-refractivity contribution is -0.133. The molecular formula is C21H20ClFN6O. The number of halogens is 2. The number of amides is 1. The van der Waals surface area contributed by atoms with Crippen molar-refractivity contribution >= 4 is 34.4 Å². The van der Waals surface area contributed by atoms with E-state index in [0.29, 0.717) is 40.5 Å². The minimum atomic E-state index is -0.598. The van der Waals surface area contributed by atoms with Crippen LogP contribution in [0.2, 0.25) is 5.02 Å². The number of anilines is 1. The van der Waals surface area contributed by atoms with Crippen LogP contribution in [-0.2, 0) is 4.79 Å². The number of pyridine rings is 2. The molecule has 0 unspecified atom stereocenters. The van der Waals surface area contributed by atoms with Crippen molar-refractivity contribution in [2.45, 2.75) is 32.9 Å². The molecule has 1 saturated heterocycles. The molecule has 1 aliphatic rings. The minimum Gasteiger partial charge on any atom is -0.351 e. The van der Waals surface area contributed by atoms with Crippen LogP contribution < -0.4 is 4.90 Å². The van der Waals surface area contributed by atoms with Crippen molar-refractivity contribution in [1.82, 2.24) is 19.9 Å². The van der Waals surface area contributed by atoms with Gasteiger partial charge in [0.1, 0.15) is 23.2 Å². The van der Waals surface area contributed by atoms with Gasteiger partial charge in [0.05, 0.1) is 10.6 Å². The molecule has 7 nitrogen and oxygen atoms in total. The van der Waals surface area contributed by atoms with Crippen LogP contribution in [-0.4, -0.2) is 50.9 Å². The van der Waals surface area contributed by atoms with E-state index in [4.69, 9.17) is 11.6 Å². The highest BCUT2D eigenvalue weighted by atomic mass is 35.5. The zero-order valence-corrected chi connectivity index (χ0v) is 17.5. The van der Waals surface area contributed by atoms with Gasteiger partial charge in [-0.1, -0.05) is 11.6 Å². The van der Waals surface area contributed by atoms with Crippen molar-refractivity contribution in [2.75, 3.05) is 18.0 Å². The van der Waals surface area contributed by atoms with Crippen LogP contribution in [0.4, 0.5) is 10.2 Å². The summed E-state index contributed by atoms with van der Waals surface area (Å²) in [5, 5.41) is 10.7. The number of aromatic amines is 1. The van der Waals surface area contributed by atoms with E-state index in [9.17, 15) is 14.4 Å². The fraction of sp³-hybridized carbons (Fsp3) is 0.333. The molecule has 4 rings (SSSR count). The molecule has 3 aromatic rings. The van der Waals surface area contributed by atoms with Gasteiger partial charge in [0.15, 0.2) is 5.82 Å². The standard InChI is InChI=1S/C21H20ClFN6O/c1-11-9-28(10-12(2)29(11)13(3)30)21-14(6-24)4-18(23)19(27-21)17-8-26-20-16(17)5-15(22)7-25-20/h4-5,7-8,11-12H,9-10H2,1-3H3,(H,25,26)/t11-,12+. The van der Waals surface area contributed by atoms with E-state index in [1.165, 1.54) is 12.3 Å². The molecule has 0 aromatic carbocycles. The Balaban J connectivity index is 1.81. The Labute approximate surface area is 178 Å². The van der Waals surface area contributed by atoms with E-state index in [2.05, 4.69) is 21.0 Å². The average molecular weight is 427 g/mol. The molecule has 30 heavy (non-hydrogen) atoms. The van der Waals surface area contributed by atoms with Crippen molar-refractivity contribution < 1.29 is 9.18 Å². The molecule has 9 heteroatoms. The lowest BCUT2D eigenvalue weighted by atomic mass is 10.1. The molecular weight excluding hydrogens is 407 g/mol. The Kier molecular flexibility index (Phi) is 5.08. The van der Waals surface area contributed by atoms with E-state index < -0.39 is 5.82 Å². The molecule has 1 aliphatic heterocycles.